The van der Waals surface area contributed by atoms with Gasteiger partial charge < -0.3 is 4.74 Å². The van der Waals surface area contributed by atoms with Crippen molar-refractivity contribution in [3.8, 4) is 0 Å². The van der Waals surface area contributed by atoms with Crippen LogP contribution in [0.15, 0.2) is 60.7 Å². The first-order chi connectivity index (χ1) is 9.78. The van der Waals surface area contributed by atoms with Gasteiger partial charge in [0.25, 0.3) is 0 Å². The number of rotatable bonds is 4. The Morgan fingerprint density at radius 3 is 1.75 bits per heavy atom. The summed E-state index contributed by atoms with van der Waals surface area (Å²) in [7, 11) is 0. The molecule has 0 aromatic heterocycles. The van der Waals surface area contributed by atoms with Crippen LogP contribution in [0.25, 0.3) is 0 Å². The Labute approximate surface area is 119 Å². The number of carbonyl (C=O) groups is 1. The Kier molecular flexibility index (Phi) is 3.55. The van der Waals surface area contributed by atoms with E-state index in [4.69, 9.17) is 4.74 Å². The first kappa shape index (κ1) is 12.9. The molecule has 2 aromatic carbocycles. The van der Waals surface area contributed by atoms with E-state index in [0.29, 0.717) is 6.61 Å². The van der Waals surface area contributed by atoms with Gasteiger partial charge in [0.2, 0.25) is 0 Å². The Hall–Kier alpha value is -2.09. The molecule has 1 aliphatic rings. The van der Waals surface area contributed by atoms with Crippen LogP contribution in [0.3, 0.4) is 0 Å². The van der Waals surface area contributed by atoms with E-state index in [1.54, 1.807) is 0 Å². The minimum atomic E-state index is -0.400. The third-order valence-corrected chi connectivity index (χ3v) is 4.02. The van der Waals surface area contributed by atoms with Crippen LogP contribution in [0, 0.1) is 5.41 Å². The summed E-state index contributed by atoms with van der Waals surface area (Å²) in [5.41, 5.74) is 1.99. The molecule has 2 nitrogen and oxygen atoms in total. The Bertz CT molecular complexity index is 533. The van der Waals surface area contributed by atoms with Crippen LogP contribution >= 0.6 is 0 Å². The number of cyclic esters (lactones) is 1. The van der Waals surface area contributed by atoms with Gasteiger partial charge in [0.1, 0.15) is 0 Å². The monoisotopic (exact) mass is 266 g/mol. The van der Waals surface area contributed by atoms with Crippen LogP contribution in [-0.2, 0) is 22.4 Å². The van der Waals surface area contributed by atoms with E-state index in [9.17, 15) is 4.79 Å². The molecule has 0 amide bonds. The average molecular weight is 266 g/mol. The largest absolute Gasteiger partial charge is 0.465 e. The van der Waals surface area contributed by atoms with E-state index in [-0.39, 0.29) is 5.97 Å². The maximum absolute atomic E-state index is 12.3. The predicted octanol–water partition coefficient (Wildman–Crippen LogP) is 3.41. The molecule has 2 aromatic rings. The molecule has 0 bridgehead atoms. The zero-order valence-corrected chi connectivity index (χ0v) is 11.4. The maximum atomic E-state index is 12.3. The lowest BCUT2D eigenvalue weighted by Gasteiger charge is -2.25. The van der Waals surface area contributed by atoms with Gasteiger partial charge >= 0.3 is 5.97 Å². The maximum Gasteiger partial charge on any atom is 0.312 e. The minimum Gasteiger partial charge on any atom is -0.465 e. The molecule has 0 unspecified atom stereocenters. The Morgan fingerprint density at radius 1 is 0.850 bits per heavy atom. The number of ether oxygens (including phenoxy) is 1. The first-order valence-electron chi connectivity index (χ1n) is 7.04. The molecule has 0 atom stereocenters. The molecule has 1 aliphatic heterocycles. The van der Waals surface area contributed by atoms with Gasteiger partial charge in [0, 0.05) is 0 Å². The highest BCUT2D eigenvalue weighted by Crippen LogP contribution is 2.37. The molecule has 0 radical (unpaired) electrons. The normalized spacial score (nSPS) is 16.9. The SMILES string of the molecule is O=C1OCCC1(Cc1ccccc1)Cc1ccccc1. The smallest absolute Gasteiger partial charge is 0.312 e. The fraction of sp³-hybridized carbons (Fsp3) is 0.278. The molecule has 102 valence electrons. The summed E-state index contributed by atoms with van der Waals surface area (Å²) < 4.78 is 5.27. The summed E-state index contributed by atoms with van der Waals surface area (Å²) in [5, 5.41) is 0. The summed E-state index contributed by atoms with van der Waals surface area (Å²) in [6.07, 6.45) is 2.30. The highest BCUT2D eigenvalue weighted by Gasteiger charge is 2.44. The number of hydrogen-bond acceptors (Lipinski definition) is 2. The molecular formula is C18H18O2. The third kappa shape index (κ3) is 2.60. The van der Waals surface area contributed by atoms with Gasteiger partial charge in [-0.15, -0.1) is 0 Å². The van der Waals surface area contributed by atoms with E-state index < -0.39 is 5.41 Å². The van der Waals surface area contributed by atoms with Crippen molar-refractivity contribution in [1.82, 2.24) is 0 Å². The molecule has 1 saturated heterocycles. The van der Waals surface area contributed by atoms with Crippen molar-refractivity contribution < 1.29 is 9.53 Å². The summed E-state index contributed by atoms with van der Waals surface area (Å²) in [6, 6.07) is 20.4. The van der Waals surface area contributed by atoms with E-state index in [1.165, 1.54) is 11.1 Å². The summed E-state index contributed by atoms with van der Waals surface area (Å²) in [4.78, 5) is 12.3. The lowest BCUT2D eigenvalue weighted by molar-refractivity contribution is -0.146. The average Bonchev–Trinajstić information content (AvgIpc) is 2.82. The van der Waals surface area contributed by atoms with Crippen LogP contribution in [0.4, 0.5) is 0 Å². The molecule has 20 heavy (non-hydrogen) atoms. The van der Waals surface area contributed by atoms with Crippen molar-refractivity contribution in [2.45, 2.75) is 19.3 Å². The Morgan fingerprint density at radius 2 is 1.35 bits per heavy atom. The molecule has 0 spiro atoms. The van der Waals surface area contributed by atoms with Crippen LogP contribution in [-0.4, -0.2) is 12.6 Å². The molecule has 2 heteroatoms. The van der Waals surface area contributed by atoms with Gasteiger partial charge in [0.15, 0.2) is 0 Å². The van der Waals surface area contributed by atoms with Gasteiger partial charge in [-0.1, -0.05) is 60.7 Å². The first-order valence-corrected chi connectivity index (χ1v) is 7.04. The van der Waals surface area contributed by atoms with Gasteiger partial charge in [-0.3, -0.25) is 4.79 Å². The zero-order valence-electron chi connectivity index (χ0n) is 11.4. The van der Waals surface area contributed by atoms with Gasteiger partial charge in [-0.05, 0) is 30.4 Å². The lowest BCUT2D eigenvalue weighted by atomic mass is 9.75. The van der Waals surface area contributed by atoms with Crippen LogP contribution in [0.1, 0.15) is 17.5 Å². The lowest BCUT2D eigenvalue weighted by Crippen LogP contribution is -2.31. The standard InChI is InChI=1S/C18H18O2/c19-17-18(11-12-20-17,13-15-7-3-1-4-8-15)14-16-9-5-2-6-10-16/h1-10H,11-14H2. The fourth-order valence-corrected chi connectivity index (χ4v) is 2.95. The van der Waals surface area contributed by atoms with Crippen molar-refractivity contribution in [2.75, 3.05) is 6.61 Å². The van der Waals surface area contributed by atoms with Gasteiger partial charge in [0.05, 0.1) is 12.0 Å². The highest BCUT2D eigenvalue weighted by atomic mass is 16.5. The van der Waals surface area contributed by atoms with Gasteiger partial charge in [-0.2, -0.15) is 0 Å². The molecular weight excluding hydrogens is 248 g/mol. The predicted molar refractivity (Wildman–Crippen MR) is 78.3 cm³/mol. The molecule has 0 N–H and O–H groups in total. The topological polar surface area (TPSA) is 26.3 Å². The van der Waals surface area contributed by atoms with Gasteiger partial charge in [-0.25, -0.2) is 0 Å². The second kappa shape index (κ2) is 5.49. The molecule has 1 heterocycles. The summed E-state index contributed by atoms with van der Waals surface area (Å²) >= 11 is 0. The van der Waals surface area contributed by atoms with Crippen LogP contribution in [0.5, 0.6) is 0 Å². The van der Waals surface area contributed by atoms with E-state index >= 15 is 0 Å². The second-order valence-electron chi connectivity index (χ2n) is 5.49. The van der Waals surface area contributed by atoms with Crippen molar-refractivity contribution in [3.63, 3.8) is 0 Å². The molecule has 0 saturated carbocycles. The van der Waals surface area contributed by atoms with Crippen molar-refractivity contribution >= 4 is 5.97 Å². The molecule has 1 fully saturated rings. The third-order valence-electron chi connectivity index (χ3n) is 4.02. The molecule has 3 rings (SSSR count). The van der Waals surface area contributed by atoms with Crippen molar-refractivity contribution in [1.29, 1.82) is 0 Å². The van der Waals surface area contributed by atoms with E-state index in [2.05, 4.69) is 24.3 Å². The summed E-state index contributed by atoms with van der Waals surface area (Å²) in [6.45, 7) is 0.540. The fourth-order valence-electron chi connectivity index (χ4n) is 2.95. The van der Waals surface area contributed by atoms with Crippen LogP contribution in [0.2, 0.25) is 0 Å². The minimum absolute atomic E-state index is 0.0507. The zero-order chi connectivity index (χ0) is 13.8. The van der Waals surface area contributed by atoms with Crippen molar-refractivity contribution in [3.05, 3.63) is 71.8 Å². The van der Waals surface area contributed by atoms with E-state index in [1.807, 2.05) is 36.4 Å². The number of carbonyl (C=O) groups excluding carboxylic acids is 1. The number of benzene rings is 2. The number of hydrogen-bond donors (Lipinski definition) is 0. The quantitative estimate of drug-likeness (QED) is 0.793. The summed E-state index contributed by atoms with van der Waals surface area (Å²) in [5.74, 6) is -0.0507. The highest BCUT2D eigenvalue weighted by molar-refractivity contribution is 5.79. The Balaban J connectivity index is 1.87. The molecule has 0 aliphatic carbocycles. The van der Waals surface area contributed by atoms with Crippen molar-refractivity contribution in [2.24, 2.45) is 5.41 Å². The number of esters is 1. The second-order valence-corrected chi connectivity index (χ2v) is 5.49. The van der Waals surface area contributed by atoms with E-state index in [0.717, 1.165) is 19.3 Å². The van der Waals surface area contributed by atoms with Crippen LogP contribution < -0.4 is 0 Å².